The Kier molecular flexibility index (Phi) is 4.70. The second-order valence-electron chi connectivity index (χ2n) is 4.66. The van der Waals surface area contributed by atoms with Crippen molar-refractivity contribution in [2.75, 3.05) is 5.32 Å². The van der Waals surface area contributed by atoms with Crippen LogP contribution in [0.2, 0.25) is 0 Å². The van der Waals surface area contributed by atoms with E-state index >= 15 is 0 Å². The minimum Gasteiger partial charge on any atom is -0.326 e. The molecule has 0 aliphatic carbocycles. The van der Waals surface area contributed by atoms with Crippen molar-refractivity contribution in [1.29, 1.82) is 0 Å². The van der Waals surface area contributed by atoms with Gasteiger partial charge in [0.15, 0.2) is 0 Å². The average Bonchev–Trinajstić information content (AvgIpc) is 2.92. The largest absolute Gasteiger partial charge is 0.326 e. The van der Waals surface area contributed by atoms with Crippen LogP contribution >= 0.6 is 0 Å². The number of halogens is 1. The van der Waals surface area contributed by atoms with Crippen molar-refractivity contribution in [1.82, 2.24) is 9.78 Å². The third-order valence-corrected chi connectivity index (χ3v) is 3.24. The molecule has 112 valence electrons. The van der Waals surface area contributed by atoms with Crippen LogP contribution in [0.5, 0.6) is 0 Å². The van der Waals surface area contributed by atoms with Gasteiger partial charge in [0.2, 0.25) is 0 Å². The maximum absolute atomic E-state index is 13.9. The van der Waals surface area contributed by atoms with Crippen LogP contribution in [0.15, 0.2) is 24.3 Å². The quantitative estimate of drug-likeness (QED) is 0.887. The van der Waals surface area contributed by atoms with Gasteiger partial charge >= 0.3 is 0 Å². The number of amides is 1. The Morgan fingerprint density at radius 2 is 2.14 bits per heavy atom. The van der Waals surface area contributed by atoms with E-state index in [0.717, 1.165) is 12.1 Å². The first kappa shape index (κ1) is 15.2. The molecule has 0 saturated heterocycles. The van der Waals surface area contributed by atoms with Gasteiger partial charge in [-0.2, -0.15) is 5.10 Å². The highest BCUT2D eigenvalue weighted by Crippen LogP contribution is 2.17. The number of hydrogen-bond donors (Lipinski definition) is 2. The summed E-state index contributed by atoms with van der Waals surface area (Å²) in [5.74, 6) is -0.868. The van der Waals surface area contributed by atoms with Gasteiger partial charge in [-0.05, 0) is 37.1 Å². The minimum absolute atomic E-state index is 0.138. The Balaban J connectivity index is 2.23. The molecule has 1 aromatic carbocycles. The fraction of sp³-hybridized carbons (Fsp3) is 0.333. The smallest absolute Gasteiger partial charge is 0.274 e. The maximum atomic E-state index is 13.9. The van der Waals surface area contributed by atoms with Crippen molar-refractivity contribution in [2.24, 2.45) is 5.73 Å². The van der Waals surface area contributed by atoms with Crippen LogP contribution in [-0.4, -0.2) is 15.7 Å². The molecule has 0 aliphatic rings. The number of aromatic nitrogens is 2. The highest BCUT2D eigenvalue weighted by atomic mass is 19.1. The monoisotopic (exact) mass is 290 g/mol. The number of nitrogens with two attached hydrogens (primary N) is 1. The molecule has 6 heteroatoms. The molecular weight excluding hydrogens is 271 g/mol. The summed E-state index contributed by atoms with van der Waals surface area (Å²) in [5.41, 5.74) is 7.53. The Morgan fingerprint density at radius 1 is 1.38 bits per heavy atom. The van der Waals surface area contributed by atoms with Gasteiger partial charge in [0.25, 0.3) is 5.91 Å². The zero-order valence-electron chi connectivity index (χ0n) is 12.2. The fourth-order valence-corrected chi connectivity index (χ4v) is 2.04. The van der Waals surface area contributed by atoms with Crippen molar-refractivity contribution in [3.63, 3.8) is 0 Å². The van der Waals surface area contributed by atoms with E-state index in [1.165, 1.54) is 12.1 Å². The molecule has 0 fully saturated rings. The lowest BCUT2D eigenvalue weighted by molar-refractivity contribution is 0.101. The molecule has 21 heavy (non-hydrogen) atoms. The van der Waals surface area contributed by atoms with Gasteiger partial charge in [-0.1, -0.05) is 13.0 Å². The summed E-state index contributed by atoms with van der Waals surface area (Å²) in [6.07, 6.45) is 0.743. The van der Waals surface area contributed by atoms with Crippen LogP contribution in [0.3, 0.4) is 0 Å². The minimum atomic E-state index is -0.496. The molecule has 0 aliphatic heterocycles. The van der Waals surface area contributed by atoms with Crippen LogP contribution in [0.4, 0.5) is 10.1 Å². The molecule has 0 spiro atoms. The highest BCUT2D eigenvalue weighted by molar-refractivity contribution is 6.03. The molecule has 2 rings (SSSR count). The summed E-state index contributed by atoms with van der Waals surface area (Å²) in [6, 6.07) is 6.26. The lowest BCUT2D eigenvalue weighted by Gasteiger charge is -2.08. The number of aryl methyl sites for hydroxylation is 2. The number of nitrogens with zero attached hydrogens (tertiary/aromatic N) is 2. The first-order valence-electron chi connectivity index (χ1n) is 6.95. The fourth-order valence-electron chi connectivity index (χ4n) is 2.04. The van der Waals surface area contributed by atoms with E-state index in [9.17, 15) is 9.18 Å². The number of hydrogen-bond acceptors (Lipinski definition) is 3. The van der Waals surface area contributed by atoms with Gasteiger partial charge in [-0.15, -0.1) is 0 Å². The zero-order valence-corrected chi connectivity index (χ0v) is 12.2. The Bertz CT molecular complexity index is 651. The summed E-state index contributed by atoms with van der Waals surface area (Å²) >= 11 is 0. The predicted octanol–water partition coefficient (Wildman–Crippen LogP) is 2.32. The van der Waals surface area contributed by atoms with E-state index in [4.69, 9.17) is 5.73 Å². The molecular formula is C15H19FN4O. The molecule has 5 nitrogen and oxygen atoms in total. The molecule has 0 bridgehead atoms. The van der Waals surface area contributed by atoms with E-state index in [1.807, 2.05) is 13.8 Å². The third-order valence-electron chi connectivity index (χ3n) is 3.24. The van der Waals surface area contributed by atoms with E-state index in [2.05, 4.69) is 10.4 Å². The highest BCUT2D eigenvalue weighted by Gasteiger charge is 2.15. The van der Waals surface area contributed by atoms with Crippen LogP contribution in [0.1, 0.15) is 35.6 Å². The maximum Gasteiger partial charge on any atom is 0.274 e. The van der Waals surface area contributed by atoms with Gasteiger partial charge in [0, 0.05) is 13.1 Å². The second-order valence-corrected chi connectivity index (χ2v) is 4.66. The summed E-state index contributed by atoms with van der Waals surface area (Å²) in [4.78, 5) is 12.3. The van der Waals surface area contributed by atoms with Crippen molar-refractivity contribution >= 4 is 11.6 Å². The molecule has 1 amide bonds. The number of anilines is 1. The van der Waals surface area contributed by atoms with Gasteiger partial charge in [-0.25, -0.2) is 4.39 Å². The molecule has 0 saturated carbocycles. The van der Waals surface area contributed by atoms with Crippen molar-refractivity contribution in [3.05, 3.63) is 47.0 Å². The predicted molar refractivity (Wildman–Crippen MR) is 79.5 cm³/mol. The topological polar surface area (TPSA) is 72.9 Å². The van der Waals surface area contributed by atoms with E-state index in [0.29, 0.717) is 17.8 Å². The molecule has 1 heterocycles. The van der Waals surface area contributed by atoms with Crippen LogP contribution in [-0.2, 0) is 19.5 Å². The molecule has 3 N–H and O–H groups in total. The van der Waals surface area contributed by atoms with Gasteiger partial charge < -0.3 is 11.1 Å². The molecule has 0 atom stereocenters. The lowest BCUT2D eigenvalue weighted by Crippen LogP contribution is -2.18. The standard InChI is InChI=1S/C15H19FN4O/c1-3-11-8-14(20(4-2)19-11)15(21)18-13-6-5-10(9-17)7-12(13)16/h5-8H,3-4,9,17H2,1-2H3,(H,18,21). The van der Waals surface area contributed by atoms with Crippen LogP contribution < -0.4 is 11.1 Å². The van der Waals surface area contributed by atoms with E-state index in [1.54, 1.807) is 16.8 Å². The van der Waals surface area contributed by atoms with E-state index < -0.39 is 5.82 Å². The van der Waals surface area contributed by atoms with Crippen molar-refractivity contribution < 1.29 is 9.18 Å². The number of rotatable bonds is 5. The van der Waals surface area contributed by atoms with E-state index in [-0.39, 0.29) is 18.1 Å². The molecule has 1 aromatic heterocycles. The zero-order chi connectivity index (χ0) is 15.4. The summed E-state index contributed by atoms with van der Waals surface area (Å²) in [5, 5.41) is 6.88. The van der Waals surface area contributed by atoms with Gasteiger partial charge in [0.1, 0.15) is 11.5 Å². The molecule has 0 radical (unpaired) electrons. The van der Waals surface area contributed by atoms with Gasteiger partial charge in [0.05, 0.1) is 11.4 Å². The summed E-state index contributed by atoms with van der Waals surface area (Å²) in [7, 11) is 0. The average molecular weight is 290 g/mol. The number of benzene rings is 1. The number of carbonyl (C=O) groups excluding carboxylic acids is 1. The Hall–Kier alpha value is -2.21. The van der Waals surface area contributed by atoms with Crippen molar-refractivity contribution in [2.45, 2.75) is 33.4 Å². The van der Waals surface area contributed by atoms with Crippen LogP contribution in [0.25, 0.3) is 0 Å². The SMILES string of the molecule is CCc1cc(C(=O)Nc2ccc(CN)cc2F)n(CC)n1. The third kappa shape index (κ3) is 3.28. The van der Waals surface area contributed by atoms with Crippen LogP contribution in [0, 0.1) is 5.82 Å². The first-order chi connectivity index (χ1) is 10.1. The van der Waals surface area contributed by atoms with Crippen molar-refractivity contribution in [3.8, 4) is 0 Å². The number of carbonyl (C=O) groups is 1. The first-order valence-corrected chi connectivity index (χ1v) is 6.95. The molecule has 0 unspecified atom stereocenters. The van der Waals surface area contributed by atoms with Gasteiger partial charge in [-0.3, -0.25) is 9.48 Å². The normalized spacial score (nSPS) is 10.7. The summed E-state index contributed by atoms with van der Waals surface area (Å²) < 4.78 is 15.5. The molecule has 2 aromatic rings. The number of nitrogens with one attached hydrogen (secondary N) is 1. The summed E-state index contributed by atoms with van der Waals surface area (Å²) in [6.45, 7) is 4.71. The lowest BCUT2D eigenvalue weighted by atomic mass is 10.2. The Morgan fingerprint density at radius 3 is 2.71 bits per heavy atom. The second kappa shape index (κ2) is 6.49. The Labute approximate surface area is 123 Å².